The van der Waals surface area contributed by atoms with Crippen molar-refractivity contribution in [3.05, 3.63) is 51.2 Å². The number of unbranched alkanes of at least 4 members (excludes halogenated alkanes) is 1. The molecule has 0 spiro atoms. The first-order valence-electron chi connectivity index (χ1n) is 12.4. The van der Waals surface area contributed by atoms with E-state index in [-0.39, 0.29) is 19.1 Å². The number of carboxylic acid groups (broad SMARTS) is 1. The lowest BCUT2D eigenvalue weighted by atomic mass is 9.95. The van der Waals surface area contributed by atoms with Gasteiger partial charge in [0.05, 0.1) is 11.5 Å². The van der Waals surface area contributed by atoms with Crippen LogP contribution in [0.25, 0.3) is 0 Å². The van der Waals surface area contributed by atoms with Crippen molar-refractivity contribution in [1.82, 2.24) is 5.32 Å². The van der Waals surface area contributed by atoms with Gasteiger partial charge in [-0.2, -0.15) is 0 Å². The fourth-order valence-corrected chi connectivity index (χ4v) is 4.45. The van der Waals surface area contributed by atoms with Gasteiger partial charge in [-0.25, -0.2) is 0 Å². The summed E-state index contributed by atoms with van der Waals surface area (Å²) >= 11 is 1.42. The second-order valence-electron chi connectivity index (χ2n) is 7.35. The molecule has 2 rings (SSSR count). The SMILES string of the molecule is CCC(CCc1ccc(OCCCCO)c(CN)c1)c1ccc(C(=O)NCC(=O)O)s1.CN.CN.CN. The number of carbonyl (C=O) groups excluding carboxylic acids is 1. The van der Waals surface area contributed by atoms with Crippen molar-refractivity contribution < 1.29 is 24.5 Å². The van der Waals surface area contributed by atoms with Crippen LogP contribution < -0.4 is 33.0 Å². The molecule has 0 saturated heterocycles. The number of rotatable bonds is 14. The number of thiophene rings is 1. The number of carboxylic acids is 1. The number of hydrogen-bond donors (Lipinski definition) is 7. The molecule has 1 amide bonds. The summed E-state index contributed by atoms with van der Waals surface area (Å²) < 4.78 is 5.80. The molecule has 10 nitrogen and oxygen atoms in total. The maximum atomic E-state index is 12.1. The van der Waals surface area contributed by atoms with Gasteiger partial charge in [-0.3, -0.25) is 9.59 Å². The molecule has 11 heteroatoms. The topological polar surface area (TPSA) is 200 Å². The first-order chi connectivity index (χ1) is 18.0. The Hall–Kier alpha value is -2.54. The highest BCUT2D eigenvalue weighted by Crippen LogP contribution is 2.31. The number of aliphatic hydroxyl groups excluding tert-OH is 1. The number of carbonyl (C=O) groups is 2. The van der Waals surface area contributed by atoms with Crippen LogP contribution in [0.3, 0.4) is 0 Å². The molecule has 37 heavy (non-hydrogen) atoms. The third-order valence-corrected chi connectivity index (χ3v) is 6.33. The maximum Gasteiger partial charge on any atom is 0.322 e. The van der Waals surface area contributed by atoms with Crippen molar-refractivity contribution in [2.24, 2.45) is 22.9 Å². The van der Waals surface area contributed by atoms with E-state index >= 15 is 0 Å². The number of amides is 1. The van der Waals surface area contributed by atoms with E-state index in [0.717, 1.165) is 48.3 Å². The van der Waals surface area contributed by atoms with Gasteiger partial charge in [-0.15, -0.1) is 11.3 Å². The van der Waals surface area contributed by atoms with Crippen LogP contribution in [0.2, 0.25) is 0 Å². The van der Waals surface area contributed by atoms with E-state index in [4.69, 9.17) is 20.7 Å². The molecule has 0 aliphatic rings. The smallest absolute Gasteiger partial charge is 0.322 e. The lowest BCUT2D eigenvalue weighted by Crippen LogP contribution is -2.28. The zero-order chi connectivity index (χ0) is 28.6. The quantitative estimate of drug-likeness (QED) is 0.175. The molecule has 0 fully saturated rings. The van der Waals surface area contributed by atoms with Gasteiger partial charge in [-0.1, -0.05) is 19.1 Å². The van der Waals surface area contributed by atoms with Crippen LogP contribution in [0.1, 0.15) is 64.2 Å². The van der Waals surface area contributed by atoms with E-state index in [1.165, 1.54) is 38.0 Å². The summed E-state index contributed by atoms with van der Waals surface area (Å²) in [6.07, 6.45) is 4.30. The van der Waals surface area contributed by atoms with Crippen LogP contribution >= 0.6 is 11.3 Å². The third kappa shape index (κ3) is 14.7. The van der Waals surface area contributed by atoms with Crippen molar-refractivity contribution in [2.75, 3.05) is 40.9 Å². The molecule has 1 atom stereocenters. The fraction of sp³-hybridized carbons (Fsp3) is 0.538. The molecular weight excluding hydrogens is 494 g/mol. The van der Waals surface area contributed by atoms with Crippen LogP contribution in [0.4, 0.5) is 0 Å². The molecule has 2 aromatic rings. The van der Waals surface area contributed by atoms with E-state index in [2.05, 4.69) is 41.6 Å². The molecule has 1 aromatic heterocycles. The van der Waals surface area contributed by atoms with Gasteiger partial charge in [0.25, 0.3) is 5.91 Å². The Kier molecular flexibility index (Phi) is 23.6. The number of aliphatic hydroxyl groups is 1. The number of hydrogen-bond acceptors (Lipinski definition) is 9. The molecule has 1 heterocycles. The van der Waals surface area contributed by atoms with Crippen molar-refractivity contribution in [2.45, 2.75) is 51.5 Å². The van der Waals surface area contributed by atoms with Crippen LogP contribution in [-0.2, 0) is 17.8 Å². The third-order valence-electron chi connectivity index (χ3n) is 5.08. The van der Waals surface area contributed by atoms with E-state index in [1.807, 2.05) is 12.1 Å². The van der Waals surface area contributed by atoms with Gasteiger partial charge in [0.15, 0.2) is 0 Å². The van der Waals surface area contributed by atoms with E-state index in [9.17, 15) is 9.59 Å². The standard InChI is InChI=1S/C23H32N2O5S.3CH5N/c1-2-17(20-9-10-21(31-20)23(29)25-15-22(27)28)7-5-16-6-8-19(18(13-16)14-24)30-12-4-3-11-26;3*1-2/h6,8-10,13,17,26H,2-5,7,11-12,14-15,24H2,1H3,(H,25,29)(H,27,28);3*2H2,1H3. The van der Waals surface area contributed by atoms with Crippen molar-refractivity contribution in [3.63, 3.8) is 0 Å². The number of aryl methyl sites for hydroxylation is 1. The zero-order valence-electron chi connectivity index (χ0n) is 22.7. The first kappa shape index (κ1) is 36.6. The molecule has 0 bridgehead atoms. The Bertz CT molecular complexity index is 864. The van der Waals surface area contributed by atoms with Gasteiger partial charge in [-0.05, 0) is 82.9 Å². The molecular formula is C26H47N5O5S. The number of aliphatic carboxylic acids is 1. The average molecular weight is 542 g/mol. The summed E-state index contributed by atoms with van der Waals surface area (Å²) in [5.74, 6) is -0.293. The number of nitrogens with two attached hydrogens (primary N) is 4. The van der Waals surface area contributed by atoms with Crippen LogP contribution in [0.15, 0.2) is 30.3 Å². The summed E-state index contributed by atoms with van der Waals surface area (Å²) in [6.45, 7) is 2.88. The number of benzene rings is 1. The largest absolute Gasteiger partial charge is 0.493 e. The monoisotopic (exact) mass is 541 g/mol. The summed E-state index contributed by atoms with van der Waals surface area (Å²) in [6, 6.07) is 9.84. The average Bonchev–Trinajstić information content (AvgIpc) is 3.44. The van der Waals surface area contributed by atoms with Crippen LogP contribution in [0.5, 0.6) is 5.75 Å². The van der Waals surface area contributed by atoms with Crippen molar-refractivity contribution >= 4 is 23.2 Å². The van der Waals surface area contributed by atoms with Crippen molar-refractivity contribution in [3.8, 4) is 5.75 Å². The first-order valence-corrected chi connectivity index (χ1v) is 13.2. The fourth-order valence-electron chi connectivity index (χ4n) is 3.31. The predicted molar refractivity (Wildman–Crippen MR) is 152 cm³/mol. The minimum Gasteiger partial charge on any atom is -0.493 e. The number of nitrogens with one attached hydrogen (secondary N) is 1. The Morgan fingerprint density at radius 2 is 1.73 bits per heavy atom. The van der Waals surface area contributed by atoms with E-state index < -0.39 is 5.97 Å². The van der Waals surface area contributed by atoms with E-state index in [0.29, 0.717) is 23.9 Å². The van der Waals surface area contributed by atoms with Crippen LogP contribution in [0, 0.1) is 0 Å². The highest BCUT2D eigenvalue weighted by atomic mass is 32.1. The second kappa shape index (κ2) is 23.8. The molecule has 0 aliphatic heterocycles. The second-order valence-corrected chi connectivity index (χ2v) is 8.46. The Balaban J connectivity index is 0. The summed E-state index contributed by atoms with van der Waals surface area (Å²) in [7, 11) is 4.50. The van der Waals surface area contributed by atoms with E-state index in [1.54, 1.807) is 6.07 Å². The Morgan fingerprint density at radius 3 is 2.30 bits per heavy atom. The predicted octanol–water partition coefficient (Wildman–Crippen LogP) is 2.02. The summed E-state index contributed by atoms with van der Waals surface area (Å²) in [5, 5.41) is 20.0. The zero-order valence-corrected chi connectivity index (χ0v) is 23.5. The highest BCUT2D eigenvalue weighted by molar-refractivity contribution is 7.14. The van der Waals surface area contributed by atoms with Gasteiger partial charge in [0, 0.05) is 23.6 Å². The van der Waals surface area contributed by atoms with Crippen molar-refractivity contribution in [1.29, 1.82) is 0 Å². The highest BCUT2D eigenvalue weighted by Gasteiger charge is 2.16. The van der Waals surface area contributed by atoms with Gasteiger partial charge >= 0.3 is 5.97 Å². The Morgan fingerprint density at radius 1 is 1.05 bits per heavy atom. The van der Waals surface area contributed by atoms with Gasteiger partial charge in [0.1, 0.15) is 12.3 Å². The molecule has 11 N–H and O–H groups in total. The molecule has 0 saturated carbocycles. The molecule has 0 radical (unpaired) electrons. The molecule has 1 unspecified atom stereocenters. The minimum absolute atomic E-state index is 0.170. The lowest BCUT2D eigenvalue weighted by molar-refractivity contribution is -0.135. The molecule has 1 aromatic carbocycles. The maximum absolute atomic E-state index is 12.1. The van der Waals surface area contributed by atoms with Crippen LogP contribution in [-0.4, -0.2) is 63.0 Å². The molecule has 212 valence electrons. The minimum atomic E-state index is -1.06. The lowest BCUT2D eigenvalue weighted by Gasteiger charge is -2.15. The summed E-state index contributed by atoms with van der Waals surface area (Å²) in [4.78, 5) is 24.4. The molecule has 0 aliphatic carbocycles. The number of ether oxygens (including phenoxy) is 1. The van der Waals surface area contributed by atoms with Gasteiger partial charge in [0.2, 0.25) is 0 Å². The Labute approximate surface area is 225 Å². The van der Waals surface area contributed by atoms with Gasteiger partial charge < -0.3 is 43.2 Å². The normalized spacial score (nSPS) is 10.4. The summed E-state index contributed by atoms with van der Waals surface area (Å²) in [5.41, 5.74) is 21.6.